The second-order valence-electron chi connectivity index (χ2n) is 7.17. The first-order valence-electron chi connectivity index (χ1n) is 7.46. The molecule has 0 amide bonds. The largest absolute Gasteiger partial charge is 0.378 e. The van der Waals surface area contributed by atoms with Crippen molar-refractivity contribution in [3.05, 3.63) is 0 Å². The van der Waals surface area contributed by atoms with Gasteiger partial charge in [0.1, 0.15) is 0 Å². The second kappa shape index (κ2) is 4.24. The van der Waals surface area contributed by atoms with Gasteiger partial charge < -0.3 is 9.64 Å². The van der Waals surface area contributed by atoms with E-state index in [1.54, 1.807) is 0 Å². The highest BCUT2D eigenvalue weighted by Gasteiger charge is 2.48. The maximum absolute atomic E-state index is 5.85. The maximum atomic E-state index is 5.85. The van der Waals surface area contributed by atoms with Gasteiger partial charge in [-0.2, -0.15) is 0 Å². The molecule has 0 aromatic heterocycles. The summed E-state index contributed by atoms with van der Waals surface area (Å²) in [5, 5.41) is 0. The molecular formula is C15H27NO. The lowest BCUT2D eigenvalue weighted by atomic mass is 9.68. The summed E-state index contributed by atoms with van der Waals surface area (Å²) in [6.45, 7) is 9.33. The van der Waals surface area contributed by atoms with E-state index in [4.69, 9.17) is 4.74 Å². The standard InChI is InChI=1S/C15H27NO/c1-13(2)17-12-15(6-7-15)11-16-9-8-14(10-16)4-3-5-14/h13H,3-12H2,1-2H3. The minimum atomic E-state index is 0.393. The molecule has 3 fully saturated rings. The van der Waals surface area contributed by atoms with Crippen molar-refractivity contribution in [3.8, 4) is 0 Å². The minimum Gasteiger partial charge on any atom is -0.378 e. The van der Waals surface area contributed by atoms with E-state index in [1.165, 1.54) is 58.2 Å². The normalized spacial score (nSPS) is 29.8. The van der Waals surface area contributed by atoms with Crippen molar-refractivity contribution in [1.82, 2.24) is 4.90 Å². The Bertz CT molecular complexity index is 279. The fourth-order valence-corrected chi connectivity index (χ4v) is 3.59. The first-order chi connectivity index (χ1) is 8.12. The van der Waals surface area contributed by atoms with Gasteiger partial charge in [-0.25, -0.2) is 0 Å². The third kappa shape index (κ3) is 2.53. The van der Waals surface area contributed by atoms with Gasteiger partial charge in [0.25, 0.3) is 0 Å². The molecule has 0 aromatic rings. The monoisotopic (exact) mass is 237 g/mol. The highest BCUT2D eigenvalue weighted by molar-refractivity contribution is 5.01. The van der Waals surface area contributed by atoms with Crippen molar-refractivity contribution in [3.63, 3.8) is 0 Å². The zero-order valence-electron chi connectivity index (χ0n) is 11.5. The third-order valence-electron chi connectivity index (χ3n) is 5.17. The predicted octanol–water partition coefficient (Wildman–Crippen LogP) is 3.07. The summed E-state index contributed by atoms with van der Waals surface area (Å²) in [5.41, 5.74) is 1.30. The van der Waals surface area contributed by atoms with E-state index in [0.717, 1.165) is 12.0 Å². The zero-order valence-corrected chi connectivity index (χ0v) is 11.5. The van der Waals surface area contributed by atoms with Gasteiger partial charge in [-0.1, -0.05) is 6.42 Å². The van der Waals surface area contributed by atoms with Crippen molar-refractivity contribution in [1.29, 1.82) is 0 Å². The lowest BCUT2D eigenvalue weighted by Crippen LogP contribution is -2.36. The van der Waals surface area contributed by atoms with Crippen LogP contribution in [0.1, 0.15) is 52.4 Å². The number of nitrogens with zero attached hydrogens (tertiary/aromatic N) is 1. The summed E-state index contributed by atoms with van der Waals surface area (Å²) < 4.78 is 5.85. The minimum absolute atomic E-state index is 0.393. The molecule has 0 unspecified atom stereocenters. The molecule has 2 aliphatic carbocycles. The molecule has 98 valence electrons. The van der Waals surface area contributed by atoms with Crippen molar-refractivity contribution in [2.24, 2.45) is 10.8 Å². The molecule has 1 spiro atoms. The van der Waals surface area contributed by atoms with E-state index in [0.29, 0.717) is 11.5 Å². The number of hydrogen-bond acceptors (Lipinski definition) is 2. The Morgan fingerprint density at radius 3 is 2.35 bits per heavy atom. The van der Waals surface area contributed by atoms with Crippen molar-refractivity contribution in [2.75, 3.05) is 26.2 Å². The molecule has 1 heterocycles. The summed E-state index contributed by atoms with van der Waals surface area (Å²) in [7, 11) is 0. The van der Waals surface area contributed by atoms with Crippen molar-refractivity contribution >= 4 is 0 Å². The fourth-order valence-electron chi connectivity index (χ4n) is 3.59. The van der Waals surface area contributed by atoms with Gasteiger partial charge in [-0.05, 0) is 57.9 Å². The third-order valence-corrected chi connectivity index (χ3v) is 5.17. The Morgan fingerprint density at radius 2 is 1.88 bits per heavy atom. The molecule has 0 atom stereocenters. The SMILES string of the molecule is CC(C)OCC1(CN2CCC3(CCC3)C2)CC1. The molecule has 0 bridgehead atoms. The highest BCUT2D eigenvalue weighted by Crippen LogP contribution is 2.51. The number of likely N-dealkylation sites (tertiary alicyclic amines) is 1. The van der Waals surface area contributed by atoms with Gasteiger partial charge in [0.2, 0.25) is 0 Å². The summed E-state index contributed by atoms with van der Waals surface area (Å²) in [6.07, 6.45) is 9.12. The topological polar surface area (TPSA) is 12.5 Å². The van der Waals surface area contributed by atoms with Crippen LogP contribution in [0.4, 0.5) is 0 Å². The average Bonchev–Trinajstić information content (AvgIpc) is 2.84. The van der Waals surface area contributed by atoms with Crippen molar-refractivity contribution in [2.45, 2.75) is 58.5 Å². The van der Waals surface area contributed by atoms with Gasteiger partial charge in [0.15, 0.2) is 0 Å². The van der Waals surface area contributed by atoms with E-state index < -0.39 is 0 Å². The molecule has 0 N–H and O–H groups in total. The van der Waals surface area contributed by atoms with Gasteiger partial charge in [0.05, 0.1) is 12.7 Å². The number of ether oxygens (including phenoxy) is 1. The van der Waals surface area contributed by atoms with Crippen LogP contribution in [0.3, 0.4) is 0 Å². The highest BCUT2D eigenvalue weighted by atomic mass is 16.5. The number of hydrogen-bond donors (Lipinski definition) is 0. The molecule has 17 heavy (non-hydrogen) atoms. The Hall–Kier alpha value is -0.0800. The lowest BCUT2D eigenvalue weighted by molar-refractivity contribution is 0.0305. The summed E-state index contributed by atoms with van der Waals surface area (Å²) in [6, 6.07) is 0. The summed E-state index contributed by atoms with van der Waals surface area (Å²) in [4.78, 5) is 2.73. The van der Waals surface area contributed by atoms with Crippen LogP contribution in [-0.4, -0.2) is 37.2 Å². The lowest BCUT2D eigenvalue weighted by Gasteiger charge is -2.38. The molecule has 1 aliphatic heterocycles. The van der Waals surface area contributed by atoms with Crippen LogP contribution in [-0.2, 0) is 4.74 Å². The van der Waals surface area contributed by atoms with E-state index in [9.17, 15) is 0 Å². The van der Waals surface area contributed by atoms with E-state index in [1.807, 2.05) is 0 Å². The molecule has 2 heteroatoms. The zero-order chi connectivity index (χ0) is 11.9. The number of rotatable bonds is 5. The molecule has 3 rings (SSSR count). The fraction of sp³-hybridized carbons (Fsp3) is 1.00. The Kier molecular flexibility index (Phi) is 2.99. The smallest absolute Gasteiger partial charge is 0.0538 e. The van der Waals surface area contributed by atoms with Crippen LogP contribution >= 0.6 is 0 Å². The molecule has 3 aliphatic rings. The van der Waals surface area contributed by atoms with Gasteiger partial charge in [-0.3, -0.25) is 0 Å². The maximum Gasteiger partial charge on any atom is 0.0538 e. The van der Waals surface area contributed by atoms with E-state index in [-0.39, 0.29) is 0 Å². The van der Waals surface area contributed by atoms with E-state index >= 15 is 0 Å². The van der Waals surface area contributed by atoms with Gasteiger partial charge in [0, 0.05) is 18.5 Å². The molecule has 2 saturated carbocycles. The molecule has 1 saturated heterocycles. The first-order valence-corrected chi connectivity index (χ1v) is 7.46. The molecule has 2 nitrogen and oxygen atoms in total. The average molecular weight is 237 g/mol. The molecule has 0 aromatic carbocycles. The first kappa shape index (κ1) is 12.0. The van der Waals surface area contributed by atoms with Gasteiger partial charge >= 0.3 is 0 Å². The molecule has 0 radical (unpaired) electrons. The van der Waals surface area contributed by atoms with Crippen molar-refractivity contribution < 1.29 is 4.74 Å². The Labute approximate surface area is 106 Å². The van der Waals surface area contributed by atoms with Crippen LogP contribution in [0.5, 0.6) is 0 Å². The van der Waals surface area contributed by atoms with E-state index in [2.05, 4.69) is 18.7 Å². The quantitative estimate of drug-likeness (QED) is 0.728. The van der Waals surface area contributed by atoms with Crippen LogP contribution in [0.15, 0.2) is 0 Å². The summed E-state index contributed by atoms with van der Waals surface area (Å²) >= 11 is 0. The van der Waals surface area contributed by atoms with Crippen LogP contribution < -0.4 is 0 Å². The summed E-state index contributed by atoms with van der Waals surface area (Å²) in [5.74, 6) is 0. The van der Waals surface area contributed by atoms with Crippen LogP contribution in [0.25, 0.3) is 0 Å². The Balaban J connectivity index is 1.47. The van der Waals surface area contributed by atoms with Gasteiger partial charge in [-0.15, -0.1) is 0 Å². The second-order valence-corrected chi connectivity index (χ2v) is 7.17. The van der Waals surface area contributed by atoms with Crippen LogP contribution in [0, 0.1) is 10.8 Å². The van der Waals surface area contributed by atoms with Crippen LogP contribution in [0.2, 0.25) is 0 Å². The Morgan fingerprint density at radius 1 is 1.12 bits per heavy atom. The predicted molar refractivity (Wildman–Crippen MR) is 70.1 cm³/mol. The molecular weight excluding hydrogens is 210 g/mol.